The first-order valence-corrected chi connectivity index (χ1v) is 9.91. The van der Waals surface area contributed by atoms with Crippen molar-refractivity contribution in [3.8, 4) is 11.4 Å². The maximum atomic E-state index is 12.0. The Morgan fingerprint density at radius 3 is 2.47 bits per heavy atom. The van der Waals surface area contributed by atoms with Crippen LogP contribution in [0.5, 0.6) is 5.75 Å². The van der Waals surface area contributed by atoms with Gasteiger partial charge >= 0.3 is 11.8 Å². The first-order chi connectivity index (χ1) is 14.4. The first-order valence-electron chi connectivity index (χ1n) is 9.12. The van der Waals surface area contributed by atoms with Gasteiger partial charge in [0.05, 0.1) is 13.3 Å². The maximum absolute atomic E-state index is 12.0. The van der Waals surface area contributed by atoms with Gasteiger partial charge in [-0.3, -0.25) is 9.59 Å². The van der Waals surface area contributed by atoms with Crippen LogP contribution < -0.4 is 15.5 Å². The summed E-state index contributed by atoms with van der Waals surface area (Å²) in [5, 5.41) is 6.43. The Labute approximate surface area is 182 Å². The van der Waals surface area contributed by atoms with Crippen LogP contribution >= 0.6 is 15.9 Å². The summed E-state index contributed by atoms with van der Waals surface area (Å²) in [6.07, 6.45) is 1.52. The fourth-order valence-electron chi connectivity index (χ4n) is 3.00. The molecule has 2 aromatic carbocycles. The molecule has 154 valence electrons. The molecule has 0 aliphatic heterocycles. The number of benzene rings is 2. The van der Waals surface area contributed by atoms with E-state index in [4.69, 9.17) is 4.74 Å². The summed E-state index contributed by atoms with van der Waals surface area (Å²) in [7, 11) is 1.55. The van der Waals surface area contributed by atoms with Gasteiger partial charge in [0.15, 0.2) is 0 Å². The molecule has 0 bridgehead atoms. The van der Waals surface area contributed by atoms with Crippen LogP contribution in [0.15, 0.2) is 64.2 Å². The van der Waals surface area contributed by atoms with E-state index in [2.05, 4.69) is 36.3 Å². The molecule has 3 rings (SSSR count). The van der Waals surface area contributed by atoms with Crippen LogP contribution in [-0.4, -0.2) is 29.7 Å². The highest BCUT2D eigenvalue weighted by molar-refractivity contribution is 9.10. The Kier molecular flexibility index (Phi) is 6.68. The minimum Gasteiger partial charge on any atom is -0.497 e. The van der Waals surface area contributed by atoms with Gasteiger partial charge in [-0.1, -0.05) is 22.0 Å². The summed E-state index contributed by atoms with van der Waals surface area (Å²) < 4.78 is 8.13. The van der Waals surface area contributed by atoms with Crippen LogP contribution in [0.3, 0.4) is 0 Å². The molecule has 3 aromatic rings. The Bertz CT molecular complexity index is 1100. The van der Waals surface area contributed by atoms with Gasteiger partial charge in [-0.2, -0.15) is 5.10 Å². The van der Waals surface area contributed by atoms with Gasteiger partial charge in [0.1, 0.15) is 5.75 Å². The standard InChI is InChI=1S/C22H21BrN4O3/c1-14-11-16(15(2)27(14)19-6-4-5-17(23)12-19)13-24-26-22(29)21(28)25-18-7-9-20(30-3)10-8-18/h4-13H,1-3H3,(H,25,28)(H,26,29)/b24-13-. The Hall–Kier alpha value is -3.39. The van der Waals surface area contributed by atoms with E-state index >= 15 is 0 Å². The lowest BCUT2D eigenvalue weighted by atomic mass is 10.2. The second kappa shape index (κ2) is 9.41. The third-order valence-electron chi connectivity index (χ3n) is 4.46. The molecule has 1 aromatic heterocycles. The number of carbonyl (C=O) groups excluding carboxylic acids is 2. The van der Waals surface area contributed by atoms with Crippen molar-refractivity contribution in [2.24, 2.45) is 5.10 Å². The molecule has 0 saturated heterocycles. The Balaban J connectivity index is 1.65. The molecule has 30 heavy (non-hydrogen) atoms. The second-order valence-electron chi connectivity index (χ2n) is 6.52. The van der Waals surface area contributed by atoms with E-state index in [1.165, 1.54) is 6.21 Å². The van der Waals surface area contributed by atoms with Crippen molar-refractivity contribution in [2.75, 3.05) is 12.4 Å². The number of aryl methyl sites for hydroxylation is 1. The molecule has 7 nitrogen and oxygen atoms in total. The van der Waals surface area contributed by atoms with E-state index < -0.39 is 11.8 Å². The number of hydrazone groups is 1. The fraction of sp³-hybridized carbons (Fsp3) is 0.136. The molecule has 0 unspecified atom stereocenters. The molecule has 0 aliphatic rings. The number of hydrogen-bond donors (Lipinski definition) is 2. The van der Waals surface area contributed by atoms with Crippen LogP contribution in [-0.2, 0) is 9.59 Å². The van der Waals surface area contributed by atoms with Crippen LogP contribution in [0.2, 0.25) is 0 Å². The molecular formula is C22H21BrN4O3. The highest BCUT2D eigenvalue weighted by atomic mass is 79.9. The quantitative estimate of drug-likeness (QED) is 0.337. The number of nitrogens with zero attached hydrogens (tertiary/aromatic N) is 2. The fourth-order valence-corrected chi connectivity index (χ4v) is 3.39. The summed E-state index contributed by atoms with van der Waals surface area (Å²) in [5.41, 5.74) is 6.58. The van der Waals surface area contributed by atoms with E-state index in [1.54, 1.807) is 31.4 Å². The third-order valence-corrected chi connectivity index (χ3v) is 4.95. The summed E-state index contributed by atoms with van der Waals surface area (Å²) in [6, 6.07) is 16.6. The lowest BCUT2D eigenvalue weighted by molar-refractivity contribution is -0.136. The topological polar surface area (TPSA) is 84.7 Å². The summed E-state index contributed by atoms with van der Waals surface area (Å²) in [4.78, 5) is 24.0. The number of aromatic nitrogens is 1. The highest BCUT2D eigenvalue weighted by Gasteiger charge is 2.13. The van der Waals surface area contributed by atoms with Gasteiger partial charge in [0.2, 0.25) is 0 Å². The normalized spacial score (nSPS) is 10.8. The van der Waals surface area contributed by atoms with Gasteiger partial charge in [0, 0.05) is 32.8 Å². The molecule has 0 saturated carbocycles. The van der Waals surface area contributed by atoms with Gasteiger partial charge in [0.25, 0.3) is 0 Å². The largest absolute Gasteiger partial charge is 0.497 e. The second-order valence-corrected chi connectivity index (χ2v) is 7.44. The zero-order valence-corrected chi connectivity index (χ0v) is 18.4. The molecule has 8 heteroatoms. The monoisotopic (exact) mass is 468 g/mol. The highest BCUT2D eigenvalue weighted by Crippen LogP contribution is 2.22. The predicted octanol–water partition coefficient (Wildman–Crippen LogP) is 3.95. The average molecular weight is 469 g/mol. The number of rotatable bonds is 5. The summed E-state index contributed by atoms with van der Waals surface area (Å²) in [6.45, 7) is 3.96. The van der Waals surface area contributed by atoms with Crippen molar-refractivity contribution in [3.63, 3.8) is 0 Å². The number of halogens is 1. The van der Waals surface area contributed by atoms with Crippen LogP contribution in [0.4, 0.5) is 5.69 Å². The van der Waals surface area contributed by atoms with Crippen LogP contribution in [0.25, 0.3) is 5.69 Å². The first kappa shape index (κ1) is 21.3. The van der Waals surface area contributed by atoms with Crippen molar-refractivity contribution < 1.29 is 14.3 Å². The lowest BCUT2D eigenvalue weighted by Gasteiger charge is -2.09. The molecule has 0 atom stereocenters. The molecular weight excluding hydrogens is 448 g/mol. The lowest BCUT2D eigenvalue weighted by Crippen LogP contribution is -2.32. The van der Waals surface area contributed by atoms with Crippen LogP contribution in [0.1, 0.15) is 17.0 Å². The number of amides is 2. The van der Waals surface area contributed by atoms with Crippen molar-refractivity contribution in [1.82, 2.24) is 9.99 Å². The SMILES string of the molecule is COc1ccc(NC(=O)C(=O)N/N=C\c2cc(C)n(-c3cccc(Br)c3)c2C)cc1. The third kappa shape index (κ3) is 4.96. The van der Waals surface area contributed by atoms with Crippen molar-refractivity contribution in [2.45, 2.75) is 13.8 Å². The van der Waals surface area contributed by atoms with E-state index in [0.717, 1.165) is 27.1 Å². The zero-order valence-electron chi connectivity index (χ0n) is 16.8. The van der Waals surface area contributed by atoms with Gasteiger partial charge in [-0.25, -0.2) is 5.43 Å². The van der Waals surface area contributed by atoms with E-state index in [0.29, 0.717) is 11.4 Å². The van der Waals surface area contributed by atoms with Crippen LogP contribution in [0, 0.1) is 13.8 Å². The molecule has 2 amide bonds. The van der Waals surface area contributed by atoms with E-state index in [-0.39, 0.29) is 0 Å². The molecule has 0 aliphatic carbocycles. The maximum Gasteiger partial charge on any atom is 0.329 e. The molecule has 0 spiro atoms. The Morgan fingerprint density at radius 2 is 1.80 bits per heavy atom. The number of ether oxygens (including phenoxy) is 1. The average Bonchev–Trinajstić information content (AvgIpc) is 3.01. The summed E-state index contributed by atoms with van der Waals surface area (Å²) in [5.74, 6) is -1.01. The predicted molar refractivity (Wildman–Crippen MR) is 120 cm³/mol. The van der Waals surface area contributed by atoms with Crippen molar-refractivity contribution in [1.29, 1.82) is 0 Å². The van der Waals surface area contributed by atoms with Crippen molar-refractivity contribution >= 4 is 39.6 Å². The van der Waals surface area contributed by atoms with Crippen molar-refractivity contribution in [3.05, 3.63) is 76.0 Å². The van der Waals surface area contributed by atoms with Gasteiger partial charge in [-0.15, -0.1) is 0 Å². The number of carbonyl (C=O) groups is 2. The molecule has 0 radical (unpaired) electrons. The van der Waals surface area contributed by atoms with E-state index in [9.17, 15) is 9.59 Å². The summed E-state index contributed by atoms with van der Waals surface area (Å²) >= 11 is 3.49. The molecule has 1 heterocycles. The minimum absolute atomic E-state index is 0.484. The number of methoxy groups -OCH3 is 1. The Morgan fingerprint density at radius 1 is 1.07 bits per heavy atom. The van der Waals surface area contributed by atoms with E-state index in [1.807, 2.05) is 44.2 Å². The number of hydrogen-bond acceptors (Lipinski definition) is 4. The zero-order chi connectivity index (χ0) is 21.7. The minimum atomic E-state index is -0.858. The van der Waals surface area contributed by atoms with Gasteiger partial charge in [-0.05, 0) is 62.4 Å². The van der Waals surface area contributed by atoms with Gasteiger partial charge < -0.3 is 14.6 Å². The molecule has 0 fully saturated rings. The molecule has 2 N–H and O–H groups in total. The number of anilines is 1. The smallest absolute Gasteiger partial charge is 0.329 e. The number of nitrogens with one attached hydrogen (secondary N) is 2.